The minimum Gasteiger partial charge on any atom is -0.349 e. The average molecular weight is 355 g/mol. The highest BCUT2D eigenvalue weighted by molar-refractivity contribution is 7.22. The van der Waals surface area contributed by atoms with Crippen LogP contribution in [0.3, 0.4) is 0 Å². The van der Waals surface area contributed by atoms with Gasteiger partial charge in [0.2, 0.25) is 0 Å². The molecule has 130 valence electrons. The van der Waals surface area contributed by atoms with E-state index in [4.69, 9.17) is 4.98 Å². The Labute approximate surface area is 150 Å². The van der Waals surface area contributed by atoms with Gasteiger partial charge in [0, 0.05) is 32.4 Å². The Kier molecular flexibility index (Phi) is 4.17. The lowest BCUT2D eigenvalue weighted by molar-refractivity contribution is 0.0931. The number of aromatic nitrogens is 3. The second kappa shape index (κ2) is 6.48. The zero-order valence-corrected chi connectivity index (χ0v) is 15.2. The smallest absolute Gasteiger partial charge is 0.254 e. The number of nitrogens with one attached hydrogen (secondary N) is 1. The maximum Gasteiger partial charge on any atom is 0.254 e. The van der Waals surface area contributed by atoms with Crippen molar-refractivity contribution >= 4 is 32.6 Å². The first kappa shape index (κ1) is 16.1. The molecule has 0 atom stereocenters. The van der Waals surface area contributed by atoms with E-state index in [0.29, 0.717) is 5.56 Å². The summed E-state index contributed by atoms with van der Waals surface area (Å²) in [5.41, 5.74) is 2.95. The summed E-state index contributed by atoms with van der Waals surface area (Å²) >= 11 is 1.75. The summed E-state index contributed by atoms with van der Waals surface area (Å²) in [4.78, 5) is 19.3. The molecule has 0 saturated carbocycles. The predicted octanol–water partition coefficient (Wildman–Crippen LogP) is 2.74. The molecule has 25 heavy (non-hydrogen) atoms. The summed E-state index contributed by atoms with van der Waals surface area (Å²) in [6.07, 6.45) is 5.21. The van der Waals surface area contributed by atoms with Crippen LogP contribution in [0.1, 0.15) is 28.8 Å². The van der Waals surface area contributed by atoms with Gasteiger partial charge in [-0.05, 0) is 37.5 Å². The number of piperidine rings is 1. The van der Waals surface area contributed by atoms with Crippen molar-refractivity contribution in [3.05, 3.63) is 41.7 Å². The lowest BCUT2D eigenvalue weighted by atomic mass is 10.1. The van der Waals surface area contributed by atoms with Crippen LogP contribution in [-0.4, -0.2) is 39.8 Å². The van der Waals surface area contributed by atoms with Gasteiger partial charge < -0.3 is 10.2 Å². The Balaban J connectivity index is 1.38. The van der Waals surface area contributed by atoms with E-state index in [1.165, 1.54) is 10.3 Å². The molecule has 0 aliphatic carbocycles. The van der Waals surface area contributed by atoms with Crippen LogP contribution in [0.4, 0.5) is 5.13 Å². The third-order valence-corrected chi connectivity index (χ3v) is 5.68. The van der Waals surface area contributed by atoms with Crippen LogP contribution in [0, 0.1) is 6.92 Å². The van der Waals surface area contributed by atoms with Gasteiger partial charge in [0.15, 0.2) is 5.13 Å². The molecule has 3 aromatic rings. The number of fused-ring (bicyclic) bond motifs is 1. The number of rotatable bonds is 3. The molecule has 1 amide bonds. The zero-order chi connectivity index (χ0) is 17.4. The Hall–Kier alpha value is -2.41. The van der Waals surface area contributed by atoms with Crippen molar-refractivity contribution in [1.82, 2.24) is 20.1 Å². The summed E-state index contributed by atoms with van der Waals surface area (Å²) in [6.45, 7) is 3.93. The predicted molar refractivity (Wildman–Crippen MR) is 100 cm³/mol. The number of hydrogen-bond acceptors (Lipinski definition) is 5. The van der Waals surface area contributed by atoms with E-state index in [1.54, 1.807) is 28.4 Å². The first-order valence-electron chi connectivity index (χ1n) is 8.50. The van der Waals surface area contributed by atoms with Gasteiger partial charge in [-0.1, -0.05) is 17.4 Å². The van der Waals surface area contributed by atoms with Crippen LogP contribution in [0.15, 0.2) is 30.6 Å². The number of benzene rings is 1. The van der Waals surface area contributed by atoms with E-state index in [2.05, 4.69) is 40.4 Å². The van der Waals surface area contributed by atoms with Crippen molar-refractivity contribution < 1.29 is 4.79 Å². The van der Waals surface area contributed by atoms with Gasteiger partial charge >= 0.3 is 0 Å². The molecular weight excluding hydrogens is 334 g/mol. The van der Waals surface area contributed by atoms with Crippen LogP contribution in [0.25, 0.3) is 10.2 Å². The lowest BCUT2D eigenvalue weighted by Gasteiger charge is -2.32. The summed E-state index contributed by atoms with van der Waals surface area (Å²) in [5, 5.41) is 8.25. The molecule has 1 fully saturated rings. The van der Waals surface area contributed by atoms with Gasteiger partial charge in [-0.2, -0.15) is 5.10 Å². The Bertz CT molecular complexity index is 907. The molecule has 3 heterocycles. The lowest BCUT2D eigenvalue weighted by Crippen LogP contribution is -2.44. The summed E-state index contributed by atoms with van der Waals surface area (Å²) in [5.74, 6) is -0.0398. The fourth-order valence-corrected chi connectivity index (χ4v) is 4.29. The third-order valence-electron chi connectivity index (χ3n) is 4.60. The molecule has 4 rings (SSSR count). The minimum absolute atomic E-state index is 0.0398. The first-order valence-corrected chi connectivity index (χ1v) is 9.32. The van der Waals surface area contributed by atoms with Crippen molar-refractivity contribution in [3.8, 4) is 0 Å². The van der Waals surface area contributed by atoms with E-state index in [-0.39, 0.29) is 11.9 Å². The summed E-state index contributed by atoms with van der Waals surface area (Å²) < 4.78 is 2.88. The van der Waals surface area contributed by atoms with E-state index in [9.17, 15) is 4.79 Å². The second-order valence-electron chi connectivity index (χ2n) is 6.61. The molecule has 1 saturated heterocycles. The third kappa shape index (κ3) is 3.37. The van der Waals surface area contributed by atoms with E-state index in [0.717, 1.165) is 36.6 Å². The number of thiazole rings is 1. The summed E-state index contributed by atoms with van der Waals surface area (Å²) in [7, 11) is 1.81. The quantitative estimate of drug-likeness (QED) is 0.785. The molecule has 6 nitrogen and oxygen atoms in total. The molecule has 1 aliphatic rings. The monoisotopic (exact) mass is 355 g/mol. The fraction of sp³-hybridized carbons (Fsp3) is 0.389. The van der Waals surface area contributed by atoms with Gasteiger partial charge in [-0.15, -0.1) is 0 Å². The Morgan fingerprint density at radius 2 is 2.12 bits per heavy atom. The van der Waals surface area contributed by atoms with Crippen LogP contribution in [0.2, 0.25) is 0 Å². The number of carbonyl (C=O) groups excluding carboxylic acids is 1. The molecule has 7 heteroatoms. The van der Waals surface area contributed by atoms with Crippen molar-refractivity contribution in [2.75, 3.05) is 18.0 Å². The maximum atomic E-state index is 12.2. The maximum absolute atomic E-state index is 12.2. The van der Waals surface area contributed by atoms with Crippen molar-refractivity contribution in [2.45, 2.75) is 25.8 Å². The average Bonchev–Trinajstić information content (AvgIpc) is 3.21. The van der Waals surface area contributed by atoms with Crippen molar-refractivity contribution in [1.29, 1.82) is 0 Å². The number of nitrogens with zero attached hydrogens (tertiary/aromatic N) is 4. The number of amides is 1. The van der Waals surface area contributed by atoms with Gasteiger partial charge in [-0.3, -0.25) is 9.48 Å². The highest BCUT2D eigenvalue weighted by atomic mass is 32.1. The number of anilines is 1. The molecule has 0 radical (unpaired) electrons. The van der Waals surface area contributed by atoms with E-state index >= 15 is 0 Å². The minimum atomic E-state index is -0.0398. The van der Waals surface area contributed by atoms with Crippen molar-refractivity contribution in [2.24, 2.45) is 7.05 Å². The molecule has 1 N–H and O–H groups in total. The topological polar surface area (TPSA) is 63.1 Å². The molecule has 0 bridgehead atoms. The first-order chi connectivity index (χ1) is 12.1. The van der Waals surface area contributed by atoms with Crippen LogP contribution in [0.5, 0.6) is 0 Å². The van der Waals surface area contributed by atoms with Gasteiger partial charge in [0.1, 0.15) is 0 Å². The molecule has 2 aromatic heterocycles. The van der Waals surface area contributed by atoms with Gasteiger partial charge in [0.05, 0.1) is 22.0 Å². The standard InChI is InChI=1S/C18H21N5OS/c1-12-3-4-15-16(9-12)25-18(21-15)23-7-5-14(6-8-23)20-17(24)13-10-19-22(2)11-13/h3-4,9-11,14H,5-8H2,1-2H3,(H,20,24). The Morgan fingerprint density at radius 1 is 1.32 bits per heavy atom. The fourth-order valence-electron chi connectivity index (χ4n) is 3.18. The normalized spacial score (nSPS) is 15.7. The number of aryl methyl sites for hydroxylation is 2. The van der Waals surface area contributed by atoms with Gasteiger partial charge in [-0.25, -0.2) is 4.98 Å². The molecular formula is C18H21N5OS. The highest BCUT2D eigenvalue weighted by Crippen LogP contribution is 2.31. The summed E-state index contributed by atoms with van der Waals surface area (Å²) in [6, 6.07) is 6.59. The number of carbonyl (C=O) groups is 1. The molecule has 1 aromatic carbocycles. The molecule has 0 unspecified atom stereocenters. The van der Waals surface area contributed by atoms with Crippen LogP contribution < -0.4 is 10.2 Å². The molecule has 0 spiro atoms. The van der Waals surface area contributed by atoms with Crippen LogP contribution >= 0.6 is 11.3 Å². The van der Waals surface area contributed by atoms with Crippen molar-refractivity contribution in [3.63, 3.8) is 0 Å². The largest absolute Gasteiger partial charge is 0.349 e. The highest BCUT2D eigenvalue weighted by Gasteiger charge is 2.23. The van der Waals surface area contributed by atoms with E-state index in [1.807, 2.05) is 7.05 Å². The zero-order valence-electron chi connectivity index (χ0n) is 14.4. The second-order valence-corrected chi connectivity index (χ2v) is 7.61. The van der Waals surface area contributed by atoms with Crippen LogP contribution in [-0.2, 0) is 7.05 Å². The number of hydrogen-bond donors (Lipinski definition) is 1. The molecule has 1 aliphatic heterocycles. The van der Waals surface area contributed by atoms with Gasteiger partial charge in [0.25, 0.3) is 5.91 Å². The SMILES string of the molecule is Cc1ccc2nc(N3CCC(NC(=O)c4cnn(C)c4)CC3)sc2c1. The van der Waals surface area contributed by atoms with E-state index < -0.39 is 0 Å². The Morgan fingerprint density at radius 3 is 2.84 bits per heavy atom.